The predicted molar refractivity (Wildman–Crippen MR) is 75.6 cm³/mol. The summed E-state index contributed by atoms with van der Waals surface area (Å²) >= 11 is 1.22. The molecule has 20 heavy (non-hydrogen) atoms. The van der Waals surface area contributed by atoms with Crippen molar-refractivity contribution in [2.45, 2.75) is 19.5 Å². The molecule has 106 valence electrons. The molecular weight excluding hydrogens is 278 g/mol. The first-order chi connectivity index (χ1) is 9.58. The summed E-state index contributed by atoms with van der Waals surface area (Å²) in [5.41, 5.74) is 9.01. The van der Waals surface area contributed by atoms with E-state index in [9.17, 15) is 4.79 Å². The topological polar surface area (TPSA) is 113 Å². The zero-order valence-electron chi connectivity index (χ0n) is 10.8. The first kappa shape index (κ1) is 14.5. The molecule has 0 aliphatic carbocycles. The largest absolute Gasteiger partial charge is 0.315 e. The molecule has 8 heteroatoms. The second-order valence-corrected chi connectivity index (χ2v) is 5.33. The highest BCUT2D eigenvalue weighted by Crippen LogP contribution is 2.17. The van der Waals surface area contributed by atoms with Gasteiger partial charge in [-0.25, -0.2) is 0 Å². The van der Waals surface area contributed by atoms with Gasteiger partial charge in [-0.1, -0.05) is 29.0 Å². The highest BCUT2D eigenvalue weighted by Gasteiger charge is 2.12. The normalized spacial score (nSPS) is 12.2. The lowest BCUT2D eigenvalue weighted by Crippen LogP contribution is -2.36. The van der Waals surface area contributed by atoms with E-state index in [4.69, 9.17) is 10.9 Å². The monoisotopic (exact) mass is 293 g/mol. The van der Waals surface area contributed by atoms with Gasteiger partial charge in [-0.15, -0.1) is 10.2 Å². The van der Waals surface area contributed by atoms with Crippen LogP contribution in [0.5, 0.6) is 0 Å². The number of hydrogen-bond donors (Lipinski definition) is 4. The fraction of sp³-hybridized carbons (Fsp3) is 0.250. The Morgan fingerprint density at radius 2 is 2.30 bits per heavy atom. The van der Waals surface area contributed by atoms with Gasteiger partial charge in [-0.05, 0) is 19.1 Å². The molecule has 2 rings (SSSR count). The zero-order valence-corrected chi connectivity index (χ0v) is 11.6. The maximum Gasteiger partial charge on any atom is 0.257 e. The van der Waals surface area contributed by atoms with Gasteiger partial charge in [0.2, 0.25) is 5.13 Å². The maximum atomic E-state index is 12.0. The Bertz CT molecular complexity index is 601. The Kier molecular flexibility index (Phi) is 4.74. The summed E-state index contributed by atoms with van der Waals surface area (Å²) < 4.78 is 0. The van der Waals surface area contributed by atoms with Crippen LogP contribution in [0.2, 0.25) is 0 Å². The number of hydrogen-bond acceptors (Lipinski definition) is 7. The molecule has 1 atom stereocenters. The van der Waals surface area contributed by atoms with Crippen molar-refractivity contribution in [1.29, 1.82) is 0 Å². The van der Waals surface area contributed by atoms with Crippen molar-refractivity contribution < 1.29 is 10.0 Å². The van der Waals surface area contributed by atoms with Crippen molar-refractivity contribution in [1.82, 2.24) is 15.7 Å². The molecule has 1 aromatic carbocycles. The predicted octanol–water partition coefficient (Wildman–Crippen LogP) is 0.905. The van der Waals surface area contributed by atoms with Crippen LogP contribution in [-0.2, 0) is 6.42 Å². The average Bonchev–Trinajstić information content (AvgIpc) is 2.85. The van der Waals surface area contributed by atoms with Gasteiger partial charge in [-0.2, -0.15) is 5.48 Å². The number of nitrogens with two attached hydrogens (primary N) is 1. The molecule has 0 fully saturated rings. The van der Waals surface area contributed by atoms with Crippen LogP contribution >= 0.6 is 11.3 Å². The number of nitrogens with zero attached hydrogens (tertiary/aromatic N) is 2. The number of carbonyl (C=O) groups is 1. The van der Waals surface area contributed by atoms with Gasteiger partial charge in [0.25, 0.3) is 5.91 Å². The molecule has 0 saturated heterocycles. The number of carbonyl (C=O) groups excluding carboxylic acids is 1. The maximum absolute atomic E-state index is 12.0. The van der Waals surface area contributed by atoms with Gasteiger partial charge < -0.3 is 10.9 Å². The van der Waals surface area contributed by atoms with Gasteiger partial charge in [0.05, 0.1) is 6.17 Å². The van der Waals surface area contributed by atoms with E-state index in [-0.39, 0.29) is 5.91 Å². The number of hydroxylamine groups is 1. The number of benzene rings is 1. The van der Waals surface area contributed by atoms with E-state index in [2.05, 4.69) is 15.5 Å². The molecule has 0 bridgehead atoms. The van der Waals surface area contributed by atoms with Crippen molar-refractivity contribution in [3.63, 3.8) is 0 Å². The number of anilines is 1. The summed E-state index contributed by atoms with van der Waals surface area (Å²) in [6.07, 6.45) is -0.280. The van der Waals surface area contributed by atoms with Crippen LogP contribution < -0.4 is 16.5 Å². The third-order valence-electron chi connectivity index (χ3n) is 2.53. The number of amides is 1. The molecule has 5 N–H and O–H groups in total. The minimum atomic E-state index is -0.608. The minimum absolute atomic E-state index is 0.235. The molecule has 1 amide bonds. The van der Waals surface area contributed by atoms with E-state index < -0.39 is 6.17 Å². The molecule has 0 radical (unpaired) electrons. The summed E-state index contributed by atoms with van der Waals surface area (Å²) in [5, 5.41) is 20.1. The Morgan fingerprint density at radius 3 is 3.00 bits per heavy atom. The summed E-state index contributed by atoms with van der Waals surface area (Å²) in [6.45, 7) is 1.92. The summed E-state index contributed by atoms with van der Waals surface area (Å²) in [7, 11) is 0. The van der Waals surface area contributed by atoms with Crippen LogP contribution in [-0.4, -0.2) is 27.5 Å². The summed E-state index contributed by atoms with van der Waals surface area (Å²) in [5.74, 6) is -0.235. The molecule has 0 spiro atoms. The zero-order chi connectivity index (χ0) is 14.5. The second-order valence-electron chi connectivity index (χ2n) is 4.26. The van der Waals surface area contributed by atoms with Crippen LogP contribution in [0.3, 0.4) is 0 Å². The summed E-state index contributed by atoms with van der Waals surface area (Å²) in [4.78, 5) is 12.0. The van der Waals surface area contributed by atoms with Crippen molar-refractivity contribution >= 4 is 22.4 Å². The van der Waals surface area contributed by atoms with Crippen LogP contribution in [0.1, 0.15) is 20.9 Å². The fourth-order valence-electron chi connectivity index (χ4n) is 1.58. The Balaban J connectivity index is 2.01. The van der Waals surface area contributed by atoms with Crippen LogP contribution in [0.25, 0.3) is 0 Å². The first-order valence-electron chi connectivity index (χ1n) is 5.94. The molecule has 2 aromatic rings. The van der Waals surface area contributed by atoms with E-state index in [0.29, 0.717) is 22.1 Å². The standard InChI is InChI=1S/C12H15N5O2S/c1-7-3-2-4-8(5-7)11(18)14-12-16-15-10(20-12)6-9(13)17-19/h2-5,9,17,19H,6,13H2,1H3,(H,14,16,18). The van der Waals surface area contributed by atoms with Crippen molar-refractivity contribution in [3.8, 4) is 0 Å². The van der Waals surface area contributed by atoms with Gasteiger partial charge in [0.1, 0.15) is 5.01 Å². The van der Waals surface area contributed by atoms with Gasteiger partial charge in [0.15, 0.2) is 0 Å². The molecule has 1 unspecified atom stereocenters. The fourth-order valence-corrected chi connectivity index (χ4v) is 2.37. The lowest BCUT2D eigenvalue weighted by atomic mass is 10.1. The van der Waals surface area contributed by atoms with Crippen molar-refractivity contribution in [2.75, 3.05) is 5.32 Å². The minimum Gasteiger partial charge on any atom is -0.315 e. The van der Waals surface area contributed by atoms with E-state index in [0.717, 1.165) is 5.56 Å². The Hall–Kier alpha value is -1.87. The molecule has 7 nitrogen and oxygen atoms in total. The van der Waals surface area contributed by atoms with Crippen molar-refractivity contribution in [2.24, 2.45) is 5.73 Å². The van der Waals surface area contributed by atoms with Crippen LogP contribution in [0.4, 0.5) is 5.13 Å². The lowest BCUT2D eigenvalue weighted by Gasteiger charge is -2.04. The lowest BCUT2D eigenvalue weighted by molar-refractivity contribution is 0.102. The third-order valence-corrected chi connectivity index (χ3v) is 3.39. The Morgan fingerprint density at radius 1 is 1.50 bits per heavy atom. The van der Waals surface area contributed by atoms with E-state index in [1.165, 1.54) is 11.3 Å². The Labute approximate surface area is 119 Å². The first-order valence-corrected chi connectivity index (χ1v) is 6.75. The molecule has 0 aliphatic heterocycles. The SMILES string of the molecule is Cc1cccc(C(=O)Nc2nnc(CC(N)NO)s2)c1. The van der Waals surface area contributed by atoms with Gasteiger partial charge in [0, 0.05) is 12.0 Å². The third kappa shape index (κ3) is 3.81. The quantitative estimate of drug-likeness (QED) is 0.481. The summed E-state index contributed by atoms with van der Waals surface area (Å²) in [6, 6.07) is 7.27. The number of aryl methyl sites for hydroxylation is 1. The highest BCUT2D eigenvalue weighted by atomic mass is 32.1. The van der Waals surface area contributed by atoms with E-state index >= 15 is 0 Å². The highest BCUT2D eigenvalue weighted by molar-refractivity contribution is 7.15. The molecule has 1 aromatic heterocycles. The van der Waals surface area contributed by atoms with Crippen LogP contribution in [0, 0.1) is 6.92 Å². The molecule has 1 heterocycles. The smallest absolute Gasteiger partial charge is 0.257 e. The van der Waals surface area contributed by atoms with Gasteiger partial charge in [-0.3, -0.25) is 10.1 Å². The molecule has 0 saturated carbocycles. The second kappa shape index (κ2) is 6.53. The molecule has 0 aliphatic rings. The van der Waals surface area contributed by atoms with Crippen LogP contribution in [0.15, 0.2) is 24.3 Å². The number of aromatic nitrogens is 2. The molecular formula is C12H15N5O2S. The van der Waals surface area contributed by atoms with E-state index in [1.807, 2.05) is 24.5 Å². The number of nitrogens with one attached hydrogen (secondary N) is 2. The number of rotatable bonds is 5. The van der Waals surface area contributed by atoms with Crippen molar-refractivity contribution in [3.05, 3.63) is 40.4 Å². The van der Waals surface area contributed by atoms with Gasteiger partial charge >= 0.3 is 0 Å². The van der Waals surface area contributed by atoms with E-state index in [1.54, 1.807) is 12.1 Å². The average molecular weight is 293 g/mol.